The maximum Gasteiger partial charge on any atom is 0.514 e. The second-order valence-electron chi connectivity index (χ2n) is 13.0. The third-order valence-corrected chi connectivity index (χ3v) is 10.3. The van der Waals surface area contributed by atoms with Gasteiger partial charge in [0.25, 0.3) is 0 Å². The van der Waals surface area contributed by atoms with Crippen molar-refractivity contribution >= 4 is 18.1 Å². The molecule has 1 fully saturated rings. The van der Waals surface area contributed by atoms with Crippen LogP contribution in [0.15, 0.2) is 55.1 Å². The van der Waals surface area contributed by atoms with E-state index in [4.69, 9.17) is 23.7 Å². The molecule has 0 saturated carbocycles. The highest BCUT2D eigenvalue weighted by molar-refractivity contribution is 5.91. The van der Waals surface area contributed by atoms with Crippen molar-refractivity contribution in [2.75, 3.05) is 34.1 Å². The first kappa shape index (κ1) is 33.5. The average molecular weight is 684 g/mol. The summed E-state index contributed by atoms with van der Waals surface area (Å²) in [6.45, 7) is 7.28. The minimum atomic E-state index is -0.977. The fourth-order valence-corrected chi connectivity index (χ4v) is 8.21. The number of rotatable bonds is 8. The molecular weight excluding hydrogens is 642 g/mol. The predicted octanol–water partition coefficient (Wildman–Crippen LogP) is 4.47. The number of nitrogens with zero attached hydrogens (tertiary/aromatic N) is 2. The van der Waals surface area contributed by atoms with E-state index in [9.17, 15) is 19.8 Å². The van der Waals surface area contributed by atoms with Gasteiger partial charge in [0, 0.05) is 40.9 Å². The summed E-state index contributed by atoms with van der Waals surface area (Å²) in [5.74, 6) is 1.28. The molecule has 2 bridgehead atoms. The van der Waals surface area contributed by atoms with Crippen molar-refractivity contribution < 1.29 is 43.5 Å². The van der Waals surface area contributed by atoms with Gasteiger partial charge in [-0.3, -0.25) is 14.6 Å². The highest BCUT2D eigenvalue weighted by Crippen LogP contribution is 2.58. The number of methoxy groups -OCH3 is 1. The van der Waals surface area contributed by atoms with E-state index in [2.05, 4.69) is 16.8 Å². The van der Waals surface area contributed by atoms with E-state index in [0.29, 0.717) is 46.8 Å². The molecule has 3 aromatic carbocycles. The highest BCUT2D eigenvalue weighted by atomic mass is 16.7. The summed E-state index contributed by atoms with van der Waals surface area (Å²) < 4.78 is 28.8. The Morgan fingerprint density at radius 1 is 1.08 bits per heavy atom. The average Bonchev–Trinajstić information content (AvgIpc) is 3.60. The number of phenols is 1. The molecule has 0 spiro atoms. The Labute approximate surface area is 290 Å². The second-order valence-corrected chi connectivity index (χ2v) is 13.0. The topological polar surface area (TPSA) is 139 Å². The fourth-order valence-electron chi connectivity index (χ4n) is 8.21. The van der Waals surface area contributed by atoms with Crippen LogP contribution in [0.2, 0.25) is 0 Å². The first-order valence-electron chi connectivity index (χ1n) is 16.6. The largest absolute Gasteiger partial charge is 0.514 e. The van der Waals surface area contributed by atoms with E-state index < -0.39 is 30.5 Å². The zero-order valence-electron chi connectivity index (χ0n) is 28.5. The Kier molecular flexibility index (Phi) is 8.93. The fraction of sp³-hybridized carbons (Fsp3) is 0.368. The number of hydrogen-bond acceptors (Lipinski definition) is 11. The Balaban J connectivity index is 1.37. The van der Waals surface area contributed by atoms with E-state index >= 15 is 0 Å². The van der Waals surface area contributed by atoms with Gasteiger partial charge in [0.15, 0.2) is 23.0 Å². The van der Waals surface area contributed by atoms with E-state index in [1.54, 1.807) is 13.0 Å². The standard InChI is InChI=1S/C38H41N3O9/c1-6-14-47-38(45)50-34-21(3)35-36(49-19-48-35)30-24(34)17-25-31-29-23(15-20(2)33(46-5)32(29)43)16-26(40(31)4)37(44)41(25)27(30)18-39-28(42)13-12-22-10-8-7-9-11-22/h6-13,15,25-27,31,37,43-44H,1,14,16-19H2,2-5H3,(H,39,42)/b13-12+/t25?,26-,27+,31+,37+/m1/s1. The van der Waals surface area contributed by atoms with Gasteiger partial charge in [-0.1, -0.05) is 49.1 Å². The van der Waals surface area contributed by atoms with Gasteiger partial charge in [-0.25, -0.2) is 4.79 Å². The van der Waals surface area contributed by atoms with Gasteiger partial charge in [0.2, 0.25) is 12.7 Å². The molecule has 1 amide bonds. The molecule has 4 aliphatic rings. The number of hydrogen-bond donors (Lipinski definition) is 3. The summed E-state index contributed by atoms with van der Waals surface area (Å²) in [4.78, 5) is 30.3. The molecule has 3 aromatic rings. The minimum absolute atomic E-state index is 0.0378. The van der Waals surface area contributed by atoms with Crippen LogP contribution in [0, 0.1) is 13.8 Å². The molecule has 0 aromatic heterocycles. The van der Waals surface area contributed by atoms with Gasteiger partial charge in [-0.2, -0.15) is 0 Å². The van der Waals surface area contributed by atoms with Crippen molar-refractivity contribution in [3.63, 3.8) is 0 Å². The Morgan fingerprint density at radius 2 is 1.84 bits per heavy atom. The van der Waals surface area contributed by atoms with Crippen LogP contribution in [-0.4, -0.2) is 84.5 Å². The number of carbonyl (C=O) groups is 2. The normalized spacial score (nSPS) is 23.4. The lowest BCUT2D eigenvalue weighted by molar-refractivity contribution is -0.172. The maximum atomic E-state index is 13.3. The summed E-state index contributed by atoms with van der Waals surface area (Å²) in [7, 11) is 3.48. The Hall–Kier alpha value is -5.04. The second kappa shape index (κ2) is 13.3. The molecule has 4 aliphatic heterocycles. The van der Waals surface area contributed by atoms with Crippen LogP contribution in [0.25, 0.3) is 6.08 Å². The third kappa shape index (κ3) is 5.53. The molecule has 12 heteroatoms. The van der Waals surface area contributed by atoms with Crippen molar-refractivity contribution in [3.05, 3.63) is 94.1 Å². The van der Waals surface area contributed by atoms with E-state index in [1.165, 1.54) is 19.3 Å². The van der Waals surface area contributed by atoms with Crippen molar-refractivity contribution in [2.24, 2.45) is 0 Å². The lowest BCUT2D eigenvalue weighted by Gasteiger charge is -2.60. The number of phenolic OH excluding ortho intramolecular Hbond substituents is 1. The molecule has 3 N–H and O–H groups in total. The van der Waals surface area contributed by atoms with Crippen molar-refractivity contribution in [1.82, 2.24) is 15.1 Å². The number of nitrogens with one attached hydrogen (secondary N) is 1. The first-order valence-corrected chi connectivity index (χ1v) is 16.6. The van der Waals surface area contributed by atoms with Gasteiger partial charge in [0.05, 0.1) is 25.2 Å². The number of aliphatic hydroxyl groups excluding tert-OH is 1. The highest BCUT2D eigenvalue weighted by Gasteiger charge is 2.56. The summed E-state index contributed by atoms with van der Waals surface area (Å²) in [5.41, 5.74) is 5.18. The Bertz CT molecular complexity index is 1880. The van der Waals surface area contributed by atoms with E-state index in [-0.39, 0.29) is 43.4 Å². The molecule has 0 radical (unpaired) electrons. The van der Waals surface area contributed by atoms with Crippen LogP contribution < -0.4 is 24.3 Å². The van der Waals surface area contributed by atoms with Gasteiger partial charge in [-0.05, 0) is 56.5 Å². The number of aryl methyl sites for hydroxylation is 1. The van der Waals surface area contributed by atoms with Crippen LogP contribution in [0.5, 0.6) is 28.7 Å². The summed E-state index contributed by atoms with van der Waals surface area (Å²) in [6.07, 6.45) is 3.54. The molecule has 12 nitrogen and oxygen atoms in total. The summed E-state index contributed by atoms with van der Waals surface area (Å²) >= 11 is 0. The molecule has 1 saturated heterocycles. The number of carbonyl (C=O) groups excluding carboxylic acids is 2. The quantitative estimate of drug-likeness (QED) is 0.134. The molecule has 7 rings (SSSR count). The van der Waals surface area contributed by atoms with Gasteiger partial charge in [0.1, 0.15) is 18.6 Å². The smallest absolute Gasteiger partial charge is 0.504 e. The zero-order chi connectivity index (χ0) is 35.3. The molecule has 4 heterocycles. The van der Waals surface area contributed by atoms with Crippen LogP contribution in [0.4, 0.5) is 4.79 Å². The van der Waals surface area contributed by atoms with Gasteiger partial charge >= 0.3 is 6.16 Å². The lowest BCUT2D eigenvalue weighted by Crippen LogP contribution is -2.69. The van der Waals surface area contributed by atoms with Crippen molar-refractivity contribution in [2.45, 2.75) is 57.1 Å². The number of aromatic hydroxyl groups is 1. The predicted molar refractivity (Wildman–Crippen MR) is 183 cm³/mol. The number of fused-ring (bicyclic) bond motifs is 9. The molecule has 5 atom stereocenters. The number of ether oxygens (including phenoxy) is 5. The summed E-state index contributed by atoms with van der Waals surface area (Å²) in [5, 5.41) is 27.0. The molecule has 262 valence electrons. The number of likely N-dealkylation sites (N-methyl/N-ethyl adjacent to an activating group) is 1. The first-order chi connectivity index (χ1) is 24.1. The van der Waals surface area contributed by atoms with E-state index in [1.807, 2.05) is 55.3 Å². The molecule has 50 heavy (non-hydrogen) atoms. The van der Waals surface area contributed by atoms with E-state index in [0.717, 1.165) is 22.3 Å². The van der Waals surface area contributed by atoms with Crippen LogP contribution in [0.3, 0.4) is 0 Å². The van der Waals surface area contributed by atoms with Gasteiger partial charge in [-0.15, -0.1) is 0 Å². The number of amides is 1. The van der Waals surface area contributed by atoms with Crippen LogP contribution >= 0.6 is 0 Å². The van der Waals surface area contributed by atoms with Crippen molar-refractivity contribution in [3.8, 4) is 28.7 Å². The minimum Gasteiger partial charge on any atom is -0.504 e. The monoisotopic (exact) mass is 683 g/mol. The third-order valence-electron chi connectivity index (χ3n) is 10.3. The number of benzene rings is 3. The van der Waals surface area contributed by atoms with Crippen LogP contribution in [0.1, 0.15) is 51.0 Å². The molecule has 0 aliphatic carbocycles. The number of piperazine rings is 1. The Morgan fingerprint density at radius 3 is 2.58 bits per heavy atom. The van der Waals surface area contributed by atoms with Crippen LogP contribution in [-0.2, 0) is 22.4 Å². The van der Waals surface area contributed by atoms with Crippen molar-refractivity contribution in [1.29, 1.82) is 0 Å². The zero-order valence-corrected chi connectivity index (χ0v) is 28.5. The molecule has 1 unspecified atom stereocenters. The molecular formula is C38H41N3O9. The number of aliphatic hydroxyl groups is 1. The summed E-state index contributed by atoms with van der Waals surface area (Å²) in [6, 6.07) is 9.67. The maximum absolute atomic E-state index is 13.3. The SMILES string of the molecule is C=CCOC(=O)Oc1c(C)c2c(c3c1CC1[C@H]4c5c(cc(C)c(OC)c5O)C[C@H]([C@H](O)N1[C@H]3CNC(=O)/C=C/c1ccccc1)N4C)OCO2. The van der Waals surface area contributed by atoms with Gasteiger partial charge < -0.3 is 39.2 Å². The lowest BCUT2D eigenvalue weighted by atomic mass is 9.73.